The number of rotatable bonds is 6. The highest BCUT2D eigenvalue weighted by Crippen LogP contribution is 2.61. The Morgan fingerprint density at radius 3 is 2.50 bits per heavy atom. The van der Waals surface area contributed by atoms with Gasteiger partial charge >= 0.3 is 6.09 Å². The topological polar surface area (TPSA) is 99.1 Å². The van der Waals surface area contributed by atoms with Gasteiger partial charge < -0.3 is 25.2 Å². The SMILES string of the molecule is CCCNC(=O)OC1CCC2(C)C(CC(=O)N3CCCC3)C(O)CCC2C1(C)CO. The maximum atomic E-state index is 12.9. The Labute approximate surface area is 180 Å². The molecule has 0 bridgehead atoms. The number of aliphatic hydroxyl groups excluding tert-OH is 2. The summed E-state index contributed by atoms with van der Waals surface area (Å²) in [6, 6.07) is 0. The van der Waals surface area contributed by atoms with Crippen LogP contribution in [0.25, 0.3) is 0 Å². The van der Waals surface area contributed by atoms with Crippen molar-refractivity contribution >= 4 is 12.0 Å². The van der Waals surface area contributed by atoms with E-state index in [0.29, 0.717) is 25.8 Å². The quantitative estimate of drug-likeness (QED) is 0.609. The molecule has 0 spiro atoms. The molecule has 3 N–H and O–H groups in total. The van der Waals surface area contributed by atoms with Gasteiger partial charge in [0.2, 0.25) is 5.91 Å². The van der Waals surface area contributed by atoms with Crippen molar-refractivity contribution in [2.45, 2.75) is 84.3 Å². The van der Waals surface area contributed by atoms with Crippen LogP contribution >= 0.6 is 0 Å². The second-order valence-corrected chi connectivity index (χ2v) is 10.1. The van der Waals surface area contributed by atoms with Crippen molar-refractivity contribution in [1.82, 2.24) is 10.2 Å². The summed E-state index contributed by atoms with van der Waals surface area (Å²) in [6.07, 6.45) is 4.78. The van der Waals surface area contributed by atoms with Gasteiger partial charge in [-0.05, 0) is 62.2 Å². The van der Waals surface area contributed by atoms with E-state index < -0.39 is 17.6 Å². The number of carbonyl (C=O) groups excluding carboxylic acids is 2. The van der Waals surface area contributed by atoms with Gasteiger partial charge in [0.15, 0.2) is 0 Å². The molecule has 6 unspecified atom stereocenters. The molecule has 2 aliphatic carbocycles. The Bertz CT molecular complexity index is 623. The maximum Gasteiger partial charge on any atom is 0.407 e. The highest BCUT2D eigenvalue weighted by molar-refractivity contribution is 5.77. The van der Waals surface area contributed by atoms with Crippen LogP contribution in [0.15, 0.2) is 0 Å². The monoisotopic (exact) mass is 424 g/mol. The molecule has 2 saturated carbocycles. The molecule has 7 heteroatoms. The summed E-state index contributed by atoms with van der Waals surface area (Å²) in [5.74, 6) is 0.0824. The van der Waals surface area contributed by atoms with Crippen molar-refractivity contribution in [2.24, 2.45) is 22.7 Å². The summed E-state index contributed by atoms with van der Waals surface area (Å²) in [5, 5.41) is 24.1. The van der Waals surface area contributed by atoms with E-state index in [-0.39, 0.29) is 35.9 Å². The molecule has 30 heavy (non-hydrogen) atoms. The van der Waals surface area contributed by atoms with Crippen LogP contribution in [0.5, 0.6) is 0 Å². The Morgan fingerprint density at radius 1 is 1.17 bits per heavy atom. The minimum atomic E-state index is -0.592. The molecular weight excluding hydrogens is 384 g/mol. The van der Waals surface area contributed by atoms with E-state index in [1.165, 1.54) is 0 Å². The van der Waals surface area contributed by atoms with Gasteiger partial charge in [0.1, 0.15) is 6.10 Å². The summed E-state index contributed by atoms with van der Waals surface area (Å²) < 4.78 is 5.77. The lowest BCUT2D eigenvalue weighted by molar-refractivity contribution is -0.187. The number of aliphatic hydroxyl groups is 2. The van der Waals surface area contributed by atoms with Gasteiger partial charge in [-0.15, -0.1) is 0 Å². The van der Waals surface area contributed by atoms with Crippen molar-refractivity contribution < 1.29 is 24.5 Å². The lowest BCUT2D eigenvalue weighted by Gasteiger charge is -2.60. The smallest absolute Gasteiger partial charge is 0.407 e. The minimum absolute atomic E-state index is 0.0764. The predicted octanol–water partition coefficient (Wildman–Crippen LogP) is 2.69. The Balaban J connectivity index is 1.78. The number of carbonyl (C=O) groups is 2. The standard InChI is InChI=1S/C23H40N2O5/c1-4-11-24-21(29)30-19-9-10-22(2)16(14-20(28)25-12-5-6-13-25)17(27)7-8-18(22)23(19,3)15-26/h16-19,26-27H,4-15H2,1-3H3,(H,24,29). The molecule has 0 aromatic heterocycles. The zero-order chi connectivity index (χ0) is 21.9. The number of alkyl carbamates (subject to hydrolysis) is 1. The maximum absolute atomic E-state index is 12.9. The van der Waals surface area contributed by atoms with Gasteiger partial charge in [-0.1, -0.05) is 20.8 Å². The molecule has 2 amide bonds. The zero-order valence-corrected chi connectivity index (χ0v) is 18.9. The number of nitrogens with one attached hydrogen (secondary N) is 1. The first-order chi connectivity index (χ1) is 14.3. The Kier molecular flexibility index (Phi) is 7.33. The average Bonchev–Trinajstić information content (AvgIpc) is 3.26. The lowest BCUT2D eigenvalue weighted by atomic mass is 9.46. The van der Waals surface area contributed by atoms with E-state index >= 15 is 0 Å². The Hall–Kier alpha value is -1.34. The van der Waals surface area contributed by atoms with Crippen LogP contribution in [0.1, 0.15) is 72.1 Å². The van der Waals surface area contributed by atoms with Crippen LogP contribution in [0.2, 0.25) is 0 Å². The van der Waals surface area contributed by atoms with Crippen molar-refractivity contribution in [1.29, 1.82) is 0 Å². The number of likely N-dealkylation sites (tertiary alicyclic amines) is 1. The zero-order valence-electron chi connectivity index (χ0n) is 18.9. The van der Waals surface area contributed by atoms with E-state index in [1.807, 2.05) is 18.7 Å². The highest BCUT2D eigenvalue weighted by Gasteiger charge is 2.60. The summed E-state index contributed by atoms with van der Waals surface area (Å²) in [6.45, 7) is 8.28. The largest absolute Gasteiger partial charge is 0.446 e. The second kappa shape index (κ2) is 9.43. The normalized spacial score (nSPS) is 38.8. The van der Waals surface area contributed by atoms with E-state index in [1.54, 1.807) is 0 Å². The molecule has 3 rings (SSSR count). The molecule has 0 aromatic carbocycles. The number of hydrogen-bond donors (Lipinski definition) is 3. The van der Waals surface area contributed by atoms with Gasteiger partial charge in [-0.2, -0.15) is 0 Å². The van der Waals surface area contributed by atoms with Crippen molar-refractivity contribution in [3.8, 4) is 0 Å². The number of fused-ring (bicyclic) bond motifs is 1. The van der Waals surface area contributed by atoms with Crippen LogP contribution < -0.4 is 5.32 Å². The number of hydrogen-bond acceptors (Lipinski definition) is 5. The summed E-state index contributed by atoms with van der Waals surface area (Å²) >= 11 is 0. The van der Waals surface area contributed by atoms with Crippen LogP contribution in [0.4, 0.5) is 4.79 Å². The first-order valence-electron chi connectivity index (χ1n) is 11.8. The molecular formula is C23H40N2O5. The molecule has 6 atom stereocenters. The molecule has 0 radical (unpaired) electrons. The van der Waals surface area contributed by atoms with Gasteiger partial charge in [-0.3, -0.25) is 4.79 Å². The number of amides is 2. The predicted molar refractivity (Wildman–Crippen MR) is 114 cm³/mol. The molecule has 1 aliphatic heterocycles. The minimum Gasteiger partial charge on any atom is -0.446 e. The van der Waals surface area contributed by atoms with Crippen molar-refractivity contribution in [3.63, 3.8) is 0 Å². The van der Waals surface area contributed by atoms with Gasteiger partial charge in [0.05, 0.1) is 12.7 Å². The first-order valence-corrected chi connectivity index (χ1v) is 11.8. The molecule has 7 nitrogen and oxygen atoms in total. The molecule has 1 saturated heterocycles. The summed E-state index contributed by atoms with van der Waals surface area (Å²) in [5.41, 5.74) is -0.865. The fraction of sp³-hybridized carbons (Fsp3) is 0.913. The van der Waals surface area contributed by atoms with E-state index in [4.69, 9.17) is 4.74 Å². The summed E-state index contributed by atoms with van der Waals surface area (Å²) in [4.78, 5) is 27.1. The molecule has 1 heterocycles. The van der Waals surface area contributed by atoms with Gasteiger partial charge in [0.25, 0.3) is 0 Å². The summed E-state index contributed by atoms with van der Waals surface area (Å²) in [7, 11) is 0. The van der Waals surface area contributed by atoms with Crippen molar-refractivity contribution in [2.75, 3.05) is 26.2 Å². The average molecular weight is 425 g/mol. The molecule has 3 fully saturated rings. The van der Waals surface area contributed by atoms with E-state index in [0.717, 1.165) is 45.2 Å². The van der Waals surface area contributed by atoms with E-state index in [2.05, 4.69) is 12.2 Å². The Morgan fingerprint density at radius 2 is 1.87 bits per heavy atom. The van der Waals surface area contributed by atoms with Gasteiger partial charge in [-0.25, -0.2) is 4.79 Å². The van der Waals surface area contributed by atoms with Crippen LogP contribution in [0, 0.1) is 22.7 Å². The second-order valence-electron chi connectivity index (χ2n) is 10.1. The number of nitrogens with zero attached hydrogens (tertiary/aromatic N) is 1. The van der Waals surface area contributed by atoms with Crippen LogP contribution in [-0.2, 0) is 9.53 Å². The molecule has 3 aliphatic rings. The van der Waals surface area contributed by atoms with Crippen LogP contribution in [-0.4, -0.2) is 65.6 Å². The number of ether oxygens (including phenoxy) is 1. The third-order valence-electron chi connectivity index (χ3n) is 8.30. The van der Waals surface area contributed by atoms with Crippen LogP contribution in [0.3, 0.4) is 0 Å². The van der Waals surface area contributed by atoms with E-state index in [9.17, 15) is 19.8 Å². The first kappa shape index (κ1) is 23.3. The van der Waals surface area contributed by atoms with Gasteiger partial charge in [0, 0.05) is 31.5 Å². The fourth-order valence-corrected chi connectivity index (χ4v) is 6.46. The third-order valence-corrected chi connectivity index (χ3v) is 8.30. The molecule has 0 aromatic rings. The van der Waals surface area contributed by atoms with Crippen molar-refractivity contribution in [3.05, 3.63) is 0 Å². The highest BCUT2D eigenvalue weighted by atomic mass is 16.6. The lowest BCUT2D eigenvalue weighted by Crippen LogP contribution is -2.61. The fourth-order valence-electron chi connectivity index (χ4n) is 6.46. The molecule has 172 valence electrons. The third kappa shape index (κ3) is 4.33.